The van der Waals surface area contributed by atoms with Crippen molar-refractivity contribution in [2.75, 3.05) is 18.6 Å². The summed E-state index contributed by atoms with van der Waals surface area (Å²) in [6.45, 7) is 4.09. The third-order valence-corrected chi connectivity index (χ3v) is 6.56. The van der Waals surface area contributed by atoms with Gasteiger partial charge in [-0.05, 0) is 33.2 Å². The van der Waals surface area contributed by atoms with Crippen molar-refractivity contribution in [1.82, 2.24) is 10.3 Å². The third kappa shape index (κ3) is 3.10. The first kappa shape index (κ1) is 14.0. The average Bonchev–Trinajstić information content (AvgIpc) is 2.79. The van der Waals surface area contributed by atoms with Crippen LogP contribution in [0.1, 0.15) is 22.0 Å². The molecule has 1 aliphatic heterocycles. The normalized spacial score (nSPS) is 24.3. The fourth-order valence-corrected chi connectivity index (χ4v) is 5.33. The molecule has 1 aromatic heterocycles. The molecule has 1 saturated heterocycles. The molecule has 0 radical (unpaired) electrons. The SMILES string of the molecule is CNC(Cc1nc(C)c(C)s1)C1CCS(=O)(=O)C1. The van der Waals surface area contributed by atoms with Crippen molar-refractivity contribution in [2.24, 2.45) is 5.92 Å². The molecule has 1 fully saturated rings. The van der Waals surface area contributed by atoms with Crippen LogP contribution in [0.25, 0.3) is 0 Å². The first-order chi connectivity index (χ1) is 8.41. The van der Waals surface area contributed by atoms with Gasteiger partial charge in [-0.1, -0.05) is 0 Å². The van der Waals surface area contributed by atoms with Crippen molar-refractivity contribution in [3.63, 3.8) is 0 Å². The van der Waals surface area contributed by atoms with E-state index in [1.165, 1.54) is 4.88 Å². The zero-order valence-corrected chi connectivity index (χ0v) is 12.7. The number of aryl methyl sites for hydroxylation is 2. The molecule has 0 amide bonds. The van der Waals surface area contributed by atoms with Crippen LogP contribution in [0, 0.1) is 19.8 Å². The molecule has 2 heterocycles. The fraction of sp³-hybridized carbons (Fsp3) is 0.750. The Labute approximate surface area is 113 Å². The summed E-state index contributed by atoms with van der Waals surface area (Å²) in [6.07, 6.45) is 1.60. The van der Waals surface area contributed by atoms with Gasteiger partial charge in [0.1, 0.15) is 0 Å². The summed E-state index contributed by atoms with van der Waals surface area (Å²) in [7, 11) is -0.897. The Morgan fingerprint density at radius 2 is 2.22 bits per heavy atom. The molecule has 0 saturated carbocycles. The number of thiazole rings is 1. The van der Waals surface area contributed by atoms with E-state index in [4.69, 9.17) is 0 Å². The first-order valence-corrected chi connectivity index (χ1v) is 8.85. The summed E-state index contributed by atoms with van der Waals surface area (Å²) < 4.78 is 23.1. The van der Waals surface area contributed by atoms with Gasteiger partial charge >= 0.3 is 0 Å². The molecule has 18 heavy (non-hydrogen) atoms. The standard InChI is InChI=1S/C12H20N2O2S2/c1-8-9(2)17-12(14-8)6-11(13-3)10-4-5-18(15,16)7-10/h10-11,13H,4-7H2,1-3H3. The van der Waals surface area contributed by atoms with E-state index in [1.807, 2.05) is 14.0 Å². The molecule has 6 heteroatoms. The van der Waals surface area contributed by atoms with Crippen LogP contribution >= 0.6 is 11.3 Å². The Kier molecular flexibility index (Phi) is 4.08. The molecule has 0 spiro atoms. The maximum absolute atomic E-state index is 11.5. The maximum atomic E-state index is 11.5. The van der Waals surface area contributed by atoms with Gasteiger partial charge in [0.05, 0.1) is 22.2 Å². The van der Waals surface area contributed by atoms with Gasteiger partial charge in [0.2, 0.25) is 0 Å². The molecule has 2 atom stereocenters. The second-order valence-electron chi connectivity index (χ2n) is 5.01. The zero-order chi connectivity index (χ0) is 13.3. The van der Waals surface area contributed by atoms with Crippen molar-refractivity contribution in [3.8, 4) is 0 Å². The Morgan fingerprint density at radius 1 is 1.50 bits per heavy atom. The topological polar surface area (TPSA) is 59.1 Å². The molecule has 0 bridgehead atoms. The molecule has 1 N–H and O–H groups in total. The van der Waals surface area contributed by atoms with Crippen LogP contribution in [-0.4, -0.2) is 38.0 Å². The van der Waals surface area contributed by atoms with Crippen LogP contribution < -0.4 is 5.32 Å². The average molecular weight is 288 g/mol. The van der Waals surface area contributed by atoms with E-state index in [2.05, 4.69) is 17.2 Å². The Hall–Kier alpha value is -0.460. The van der Waals surface area contributed by atoms with Crippen LogP contribution in [0.3, 0.4) is 0 Å². The predicted octanol–water partition coefficient (Wildman–Crippen LogP) is 1.33. The molecule has 4 nitrogen and oxygen atoms in total. The van der Waals surface area contributed by atoms with Gasteiger partial charge < -0.3 is 5.32 Å². The first-order valence-electron chi connectivity index (χ1n) is 6.22. The third-order valence-electron chi connectivity index (χ3n) is 3.67. The second-order valence-corrected chi connectivity index (χ2v) is 8.53. The van der Waals surface area contributed by atoms with Gasteiger partial charge in [-0.3, -0.25) is 0 Å². The molecular weight excluding hydrogens is 268 g/mol. The van der Waals surface area contributed by atoms with E-state index in [-0.39, 0.29) is 12.0 Å². The number of nitrogens with zero attached hydrogens (tertiary/aromatic N) is 1. The quantitative estimate of drug-likeness (QED) is 0.908. The monoisotopic (exact) mass is 288 g/mol. The van der Waals surface area contributed by atoms with Crippen molar-refractivity contribution < 1.29 is 8.42 Å². The van der Waals surface area contributed by atoms with E-state index in [1.54, 1.807) is 11.3 Å². The van der Waals surface area contributed by atoms with Gasteiger partial charge in [0, 0.05) is 17.3 Å². The number of aromatic nitrogens is 1. The molecular formula is C12H20N2O2S2. The van der Waals surface area contributed by atoms with Crippen LogP contribution in [0.15, 0.2) is 0 Å². The molecule has 0 aliphatic carbocycles. The lowest BCUT2D eigenvalue weighted by Gasteiger charge is -2.20. The molecule has 2 rings (SSSR count). The Morgan fingerprint density at radius 3 is 2.67 bits per heavy atom. The lowest BCUT2D eigenvalue weighted by molar-refractivity contribution is 0.402. The van der Waals surface area contributed by atoms with Crippen LogP contribution in [-0.2, 0) is 16.3 Å². The summed E-state index contributed by atoms with van der Waals surface area (Å²) in [4.78, 5) is 5.78. The Bertz CT molecular complexity index is 503. The number of hydrogen-bond donors (Lipinski definition) is 1. The maximum Gasteiger partial charge on any atom is 0.150 e. The van der Waals surface area contributed by atoms with Crippen LogP contribution in [0.4, 0.5) is 0 Å². The minimum atomic E-state index is -2.80. The van der Waals surface area contributed by atoms with Gasteiger partial charge in [0.25, 0.3) is 0 Å². The summed E-state index contributed by atoms with van der Waals surface area (Å²) >= 11 is 1.72. The summed E-state index contributed by atoms with van der Waals surface area (Å²) in [5, 5.41) is 4.37. The fourth-order valence-electron chi connectivity index (χ4n) is 2.46. The number of sulfone groups is 1. The second kappa shape index (κ2) is 5.27. The minimum absolute atomic E-state index is 0.215. The van der Waals surface area contributed by atoms with Crippen molar-refractivity contribution in [2.45, 2.75) is 32.7 Å². The summed E-state index contributed by atoms with van der Waals surface area (Å²) in [5.74, 6) is 0.887. The smallest absolute Gasteiger partial charge is 0.150 e. The van der Waals surface area contributed by atoms with E-state index < -0.39 is 9.84 Å². The summed E-state index contributed by atoms with van der Waals surface area (Å²) in [5.41, 5.74) is 1.09. The number of nitrogens with one attached hydrogen (secondary N) is 1. The molecule has 102 valence electrons. The summed E-state index contributed by atoms with van der Waals surface area (Å²) in [6, 6.07) is 0.215. The molecule has 0 aromatic carbocycles. The lowest BCUT2D eigenvalue weighted by Crippen LogP contribution is -2.36. The van der Waals surface area contributed by atoms with Crippen molar-refractivity contribution in [3.05, 3.63) is 15.6 Å². The number of likely N-dealkylation sites (N-methyl/N-ethyl adjacent to an activating group) is 1. The highest BCUT2D eigenvalue weighted by Crippen LogP contribution is 2.25. The van der Waals surface area contributed by atoms with E-state index in [9.17, 15) is 8.42 Å². The van der Waals surface area contributed by atoms with Gasteiger partial charge in [-0.2, -0.15) is 0 Å². The number of hydrogen-bond acceptors (Lipinski definition) is 5. The van der Waals surface area contributed by atoms with Crippen molar-refractivity contribution in [1.29, 1.82) is 0 Å². The van der Waals surface area contributed by atoms with Gasteiger partial charge in [-0.25, -0.2) is 13.4 Å². The molecule has 2 unspecified atom stereocenters. The van der Waals surface area contributed by atoms with Gasteiger partial charge in [0.15, 0.2) is 9.84 Å². The molecule has 1 aromatic rings. The van der Waals surface area contributed by atoms with Gasteiger partial charge in [-0.15, -0.1) is 11.3 Å². The highest BCUT2D eigenvalue weighted by Gasteiger charge is 2.33. The highest BCUT2D eigenvalue weighted by molar-refractivity contribution is 7.91. The predicted molar refractivity (Wildman–Crippen MR) is 74.9 cm³/mol. The molecule has 1 aliphatic rings. The van der Waals surface area contributed by atoms with Crippen LogP contribution in [0.2, 0.25) is 0 Å². The van der Waals surface area contributed by atoms with E-state index >= 15 is 0 Å². The van der Waals surface area contributed by atoms with Crippen LogP contribution in [0.5, 0.6) is 0 Å². The zero-order valence-electron chi connectivity index (χ0n) is 11.1. The largest absolute Gasteiger partial charge is 0.316 e. The highest BCUT2D eigenvalue weighted by atomic mass is 32.2. The van der Waals surface area contributed by atoms with E-state index in [0.717, 1.165) is 23.5 Å². The Balaban J connectivity index is 2.06. The lowest BCUT2D eigenvalue weighted by atomic mass is 9.97. The minimum Gasteiger partial charge on any atom is -0.316 e. The van der Waals surface area contributed by atoms with Crippen molar-refractivity contribution >= 4 is 21.2 Å². The number of rotatable bonds is 4. The van der Waals surface area contributed by atoms with E-state index in [0.29, 0.717) is 11.5 Å².